The maximum Gasteiger partial charge on any atom is 0.270 e. The van der Waals surface area contributed by atoms with Crippen LogP contribution in [0.3, 0.4) is 0 Å². The first-order chi connectivity index (χ1) is 11.1. The van der Waals surface area contributed by atoms with Gasteiger partial charge in [0.05, 0.1) is 0 Å². The van der Waals surface area contributed by atoms with Crippen LogP contribution in [0.1, 0.15) is 41.9 Å². The highest BCUT2D eigenvalue weighted by molar-refractivity contribution is 6.30. The number of nitrogens with one attached hydrogen (secondary N) is 2. The summed E-state index contributed by atoms with van der Waals surface area (Å²) in [5.41, 5.74) is 1.95. The zero-order valence-electron chi connectivity index (χ0n) is 13.0. The molecule has 1 amide bonds. The lowest BCUT2D eigenvalue weighted by Gasteiger charge is -2.12. The zero-order valence-corrected chi connectivity index (χ0v) is 13.7. The molecule has 5 nitrogen and oxygen atoms in total. The highest BCUT2D eigenvalue weighted by atomic mass is 35.5. The van der Waals surface area contributed by atoms with Gasteiger partial charge in [-0.1, -0.05) is 24.4 Å². The van der Waals surface area contributed by atoms with Gasteiger partial charge in [0.2, 0.25) is 5.95 Å². The molecule has 6 heteroatoms. The Bertz CT molecular complexity index is 696. The summed E-state index contributed by atoms with van der Waals surface area (Å²) >= 11 is 5.88. The molecule has 1 aliphatic rings. The van der Waals surface area contributed by atoms with Gasteiger partial charge in [0, 0.05) is 22.4 Å². The summed E-state index contributed by atoms with van der Waals surface area (Å²) in [4.78, 5) is 21.0. The van der Waals surface area contributed by atoms with Crippen LogP contribution in [0, 0.1) is 6.92 Å². The monoisotopic (exact) mass is 330 g/mol. The van der Waals surface area contributed by atoms with Gasteiger partial charge in [-0.05, 0) is 50.1 Å². The smallest absolute Gasteiger partial charge is 0.270 e. The minimum absolute atomic E-state index is 0.137. The number of amides is 1. The summed E-state index contributed by atoms with van der Waals surface area (Å²) in [5, 5.41) is 6.81. The van der Waals surface area contributed by atoms with Crippen LogP contribution >= 0.6 is 11.6 Å². The van der Waals surface area contributed by atoms with E-state index in [2.05, 4.69) is 20.6 Å². The van der Waals surface area contributed by atoms with E-state index >= 15 is 0 Å². The second kappa shape index (κ2) is 6.96. The molecule has 0 spiro atoms. The molecule has 1 saturated carbocycles. The summed E-state index contributed by atoms with van der Waals surface area (Å²) in [6, 6.07) is 9.22. The second-order valence-corrected chi connectivity index (χ2v) is 6.24. The van der Waals surface area contributed by atoms with Gasteiger partial charge >= 0.3 is 0 Å². The third-order valence-electron chi connectivity index (χ3n) is 3.88. The molecule has 0 atom stereocenters. The van der Waals surface area contributed by atoms with Gasteiger partial charge in [-0.2, -0.15) is 0 Å². The Balaban J connectivity index is 1.75. The molecule has 1 aromatic heterocycles. The molecule has 0 saturated heterocycles. The van der Waals surface area contributed by atoms with Crippen molar-refractivity contribution >= 4 is 29.1 Å². The number of aryl methyl sites for hydroxylation is 1. The van der Waals surface area contributed by atoms with Crippen LogP contribution in [0.2, 0.25) is 5.02 Å². The van der Waals surface area contributed by atoms with Gasteiger partial charge in [0.1, 0.15) is 5.69 Å². The lowest BCUT2D eigenvalue weighted by Crippen LogP contribution is -2.33. The summed E-state index contributed by atoms with van der Waals surface area (Å²) in [7, 11) is 0. The van der Waals surface area contributed by atoms with Crippen LogP contribution in [0.15, 0.2) is 30.3 Å². The fourth-order valence-electron chi connectivity index (χ4n) is 2.73. The number of halogens is 1. The van der Waals surface area contributed by atoms with E-state index in [0.717, 1.165) is 24.2 Å². The molecule has 1 aliphatic carbocycles. The van der Waals surface area contributed by atoms with Crippen LogP contribution in [0.5, 0.6) is 0 Å². The van der Waals surface area contributed by atoms with Crippen molar-refractivity contribution in [2.75, 3.05) is 5.32 Å². The minimum Gasteiger partial charge on any atom is -0.348 e. The molecule has 0 bridgehead atoms. The first-order valence-electron chi connectivity index (χ1n) is 7.79. The third-order valence-corrected chi connectivity index (χ3v) is 4.13. The summed E-state index contributed by atoms with van der Waals surface area (Å²) in [6.07, 6.45) is 4.45. The molecule has 0 unspecified atom stereocenters. The number of hydrogen-bond acceptors (Lipinski definition) is 4. The molecule has 23 heavy (non-hydrogen) atoms. The molecule has 1 fully saturated rings. The normalized spacial score (nSPS) is 14.7. The zero-order chi connectivity index (χ0) is 16.2. The molecule has 3 rings (SSSR count). The van der Waals surface area contributed by atoms with Gasteiger partial charge in [-0.25, -0.2) is 9.97 Å². The lowest BCUT2D eigenvalue weighted by atomic mass is 10.2. The number of aromatic nitrogens is 2. The number of carbonyl (C=O) groups is 1. The van der Waals surface area contributed by atoms with E-state index in [-0.39, 0.29) is 11.9 Å². The van der Waals surface area contributed by atoms with Crippen molar-refractivity contribution in [3.8, 4) is 0 Å². The Hall–Kier alpha value is -2.14. The molecule has 0 aliphatic heterocycles. The Morgan fingerprint density at radius 2 is 1.87 bits per heavy atom. The topological polar surface area (TPSA) is 66.9 Å². The Kier molecular flexibility index (Phi) is 4.76. The van der Waals surface area contributed by atoms with Crippen LogP contribution in [0.25, 0.3) is 0 Å². The Labute approximate surface area is 140 Å². The summed E-state index contributed by atoms with van der Waals surface area (Å²) < 4.78 is 0. The molecular weight excluding hydrogens is 312 g/mol. The first-order valence-corrected chi connectivity index (χ1v) is 8.17. The summed E-state index contributed by atoms with van der Waals surface area (Å²) in [5.74, 6) is 0.269. The van der Waals surface area contributed by atoms with Crippen LogP contribution < -0.4 is 10.6 Å². The van der Waals surface area contributed by atoms with Crippen molar-refractivity contribution in [2.45, 2.75) is 38.6 Å². The number of hydrogen-bond donors (Lipinski definition) is 2. The molecule has 0 radical (unpaired) electrons. The van der Waals surface area contributed by atoms with Crippen LogP contribution in [-0.4, -0.2) is 21.9 Å². The van der Waals surface area contributed by atoms with E-state index < -0.39 is 0 Å². The van der Waals surface area contributed by atoms with Gasteiger partial charge in [-0.15, -0.1) is 0 Å². The molecule has 1 aromatic carbocycles. The Morgan fingerprint density at radius 1 is 1.17 bits per heavy atom. The largest absolute Gasteiger partial charge is 0.348 e. The van der Waals surface area contributed by atoms with E-state index in [4.69, 9.17) is 11.6 Å². The SMILES string of the molecule is Cc1cc(C(=O)NC2CCCC2)nc(Nc2ccc(Cl)cc2)n1. The van der Waals surface area contributed by atoms with E-state index in [1.807, 2.05) is 19.1 Å². The maximum atomic E-state index is 12.4. The van der Waals surface area contributed by atoms with Crippen LogP contribution in [0.4, 0.5) is 11.6 Å². The van der Waals surface area contributed by atoms with E-state index in [1.165, 1.54) is 12.8 Å². The number of nitrogens with zero attached hydrogens (tertiary/aromatic N) is 2. The third kappa shape index (κ3) is 4.20. The van der Waals surface area contributed by atoms with Crippen molar-refractivity contribution in [1.82, 2.24) is 15.3 Å². The van der Waals surface area contributed by atoms with Crippen molar-refractivity contribution in [2.24, 2.45) is 0 Å². The maximum absolute atomic E-state index is 12.4. The quantitative estimate of drug-likeness (QED) is 0.893. The van der Waals surface area contributed by atoms with Crippen molar-refractivity contribution in [3.63, 3.8) is 0 Å². The molecular formula is C17H19ClN4O. The van der Waals surface area contributed by atoms with Gasteiger partial charge in [-0.3, -0.25) is 4.79 Å². The fraction of sp³-hybridized carbons (Fsp3) is 0.353. The standard InChI is InChI=1S/C17H19ClN4O/c1-11-10-15(16(23)20-13-4-2-3-5-13)22-17(19-11)21-14-8-6-12(18)7-9-14/h6-10,13H,2-5H2,1H3,(H,20,23)(H,19,21,22). The van der Waals surface area contributed by atoms with E-state index in [0.29, 0.717) is 16.7 Å². The second-order valence-electron chi connectivity index (χ2n) is 5.80. The van der Waals surface area contributed by atoms with Crippen molar-refractivity contribution in [3.05, 3.63) is 46.7 Å². The fourth-order valence-corrected chi connectivity index (χ4v) is 2.86. The van der Waals surface area contributed by atoms with Crippen molar-refractivity contribution in [1.29, 1.82) is 0 Å². The minimum atomic E-state index is -0.137. The number of carbonyl (C=O) groups excluding carboxylic acids is 1. The highest BCUT2D eigenvalue weighted by Crippen LogP contribution is 2.19. The highest BCUT2D eigenvalue weighted by Gasteiger charge is 2.19. The van der Waals surface area contributed by atoms with Gasteiger partial charge in [0.25, 0.3) is 5.91 Å². The lowest BCUT2D eigenvalue weighted by molar-refractivity contribution is 0.0932. The van der Waals surface area contributed by atoms with Gasteiger partial charge in [0.15, 0.2) is 0 Å². The number of benzene rings is 1. The van der Waals surface area contributed by atoms with Gasteiger partial charge < -0.3 is 10.6 Å². The Morgan fingerprint density at radius 3 is 2.57 bits per heavy atom. The average molecular weight is 331 g/mol. The van der Waals surface area contributed by atoms with E-state index in [1.54, 1.807) is 18.2 Å². The predicted octanol–water partition coefficient (Wildman–Crippen LogP) is 3.85. The number of anilines is 2. The van der Waals surface area contributed by atoms with Crippen LogP contribution in [-0.2, 0) is 0 Å². The van der Waals surface area contributed by atoms with E-state index in [9.17, 15) is 4.79 Å². The molecule has 120 valence electrons. The summed E-state index contributed by atoms with van der Waals surface area (Å²) in [6.45, 7) is 1.85. The van der Waals surface area contributed by atoms with Crippen molar-refractivity contribution < 1.29 is 4.79 Å². The first kappa shape index (κ1) is 15.7. The molecule has 2 N–H and O–H groups in total. The number of rotatable bonds is 4. The molecule has 1 heterocycles. The average Bonchev–Trinajstić information content (AvgIpc) is 3.02. The molecule has 2 aromatic rings. The predicted molar refractivity (Wildman–Crippen MR) is 91.2 cm³/mol.